The zero-order valence-corrected chi connectivity index (χ0v) is 10.5. The van der Waals surface area contributed by atoms with Crippen molar-refractivity contribution in [3.05, 3.63) is 54.3 Å². The summed E-state index contributed by atoms with van der Waals surface area (Å²) < 4.78 is 13.0. The molecule has 2 aromatic rings. The first-order valence-electron chi connectivity index (χ1n) is 6.41. The van der Waals surface area contributed by atoms with Crippen LogP contribution in [-0.2, 0) is 4.79 Å². The largest absolute Gasteiger partial charge is 0.312 e. The van der Waals surface area contributed by atoms with Crippen molar-refractivity contribution in [3.8, 4) is 11.1 Å². The molecule has 1 aliphatic heterocycles. The van der Waals surface area contributed by atoms with Gasteiger partial charge in [-0.2, -0.15) is 0 Å². The molecule has 2 aromatic carbocycles. The molecule has 1 fully saturated rings. The van der Waals surface area contributed by atoms with Crippen LogP contribution in [0.1, 0.15) is 12.8 Å². The van der Waals surface area contributed by atoms with Gasteiger partial charge < -0.3 is 4.90 Å². The summed E-state index contributed by atoms with van der Waals surface area (Å²) in [7, 11) is 0. The van der Waals surface area contributed by atoms with Gasteiger partial charge in [-0.15, -0.1) is 0 Å². The summed E-state index contributed by atoms with van der Waals surface area (Å²) >= 11 is 0. The van der Waals surface area contributed by atoms with Gasteiger partial charge in [0.25, 0.3) is 0 Å². The van der Waals surface area contributed by atoms with Gasteiger partial charge in [-0.25, -0.2) is 4.39 Å². The maximum Gasteiger partial charge on any atom is 0.227 e. The highest BCUT2D eigenvalue weighted by Crippen LogP contribution is 2.33. The predicted molar refractivity (Wildman–Crippen MR) is 73.4 cm³/mol. The lowest BCUT2D eigenvalue weighted by Crippen LogP contribution is -2.24. The van der Waals surface area contributed by atoms with Gasteiger partial charge in [-0.3, -0.25) is 4.79 Å². The van der Waals surface area contributed by atoms with Gasteiger partial charge in [0.15, 0.2) is 0 Å². The SMILES string of the molecule is O=C1CCCN1c1ccccc1-c1ccc(F)cc1. The van der Waals surface area contributed by atoms with Crippen LogP contribution in [0.25, 0.3) is 11.1 Å². The molecule has 19 heavy (non-hydrogen) atoms. The van der Waals surface area contributed by atoms with Crippen LogP contribution in [0.15, 0.2) is 48.5 Å². The van der Waals surface area contributed by atoms with E-state index in [9.17, 15) is 9.18 Å². The standard InChI is InChI=1S/C16H14FNO/c17-13-9-7-12(8-10-13)14-4-1-2-5-15(14)18-11-3-6-16(18)19/h1-2,4-5,7-10H,3,6,11H2. The van der Waals surface area contributed by atoms with Gasteiger partial charge >= 0.3 is 0 Å². The number of hydrogen-bond acceptors (Lipinski definition) is 1. The Morgan fingerprint density at radius 1 is 1.00 bits per heavy atom. The zero-order chi connectivity index (χ0) is 13.2. The molecule has 0 atom stereocenters. The number of halogens is 1. The maximum absolute atomic E-state index is 13.0. The lowest BCUT2D eigenvalue weighted by Gasteiger charge is -2.19. The van der Waals surface area contributed by atoms with E-state index in [0.717, 1.165) is 29.8 Å². The van der Waals surface area contributed by atoms with Crippen molar-refractivity contribution in [1.82, 2.24) is 0 Å². The predicted octanol–water partition coefficient (Wildman–Crippen LogP) is 3.62. The molecule has 0 saturated carbocycles. The molecule has 1 saturated heterocycles. The molecule has 2 nitrogen and oxygen atoms in total. The third kappa shape index (κ3) is 2.24. The smallest absolute Gasteiger partial charge is 0.227 e. The Bertz CT molecular complexity index is 606. The minimum Gasteiger partial charge on any atom is -0.312 e. The molecule has 0 bridgehead atoms. The van der Waals surface area contributed by atoms with Crippen LogP contribution in [0.2, 0.25) is 0 Å². The molecule has 1 amide bonds. The van der Waals surface area contributed by atoms with E-state index in [1.54, 1.807) is 12.1 Å². The minimum absolute atomic E-state index is 0.162. The van der Waals surface area contributed by atoms with Gasteiger partial charge in [0.1, 0.15) is 5.82 Å². The number of benzene rings is 2. The summed E-state index contributed by atoms with van der Waals surface area (Å²) in [5, 5.41) is 0. The zero-order valence-electron chi connectivity index (χ0n) is 10.5. The molecule has 1 aliphatic rings. The number of para-hydroxylation sites is 1. The van der Waals surface area contributed by atoms with E-state index in [1.807, 2.05) is 29.2 Å². The van der Waals surface area contributed by atoms with E-state index in [4.69, 9.17) is 0 Å². The maximum atomic E-state index is 13.0. The average molecular weight is 255 g/mol. The molecule has 96 valence electrons. The van der Waals surface area contributed by atoms with Crippen LogP contribution in [0.5, 0.6) is 0 Å². The van der Waals surface area contributed by atoms with E-state index in [0.29, 0.717) is 6.42 Å². The number of hydrogen-bond donors (Lipinski definition) is 0. The molecular formula is C16H14FNO. The van der Waals surface area contributed by atoms with E-state index in [-0.39, 0.29) is 11.7 Å². The Labute approximate surface area is 111 Å². The van der Waals surface area contributed by atoms with E-state index in [1.165, 1.54) is 12.1 Å². The van der Waals surface area contributed by atoms with Gasteiger partial charge in [0.05, 0.1) is 5.69 Å². The number of anilines is 1. The van der Waals surface area contributed by atoms with Crippen molar-refractivity contribution in [3.63, 3.8) is 0 Å². The molecule has 0 unspecified atom stereocenters. The Morgan fingerprint density at radius 2 is 1.74 bits per heavy atom. The third-order valence-electron chi connectivity index (χ3n) is 3.42. The van der Waals surface area contributed by atoms with Crippen LogP contribution < -0.4 is 4.90 Å². The van der Waals surface area contributed by atoms with Crippen molar-refractivity contribution in [2.75, 3.05) is 11.4 Å². The van der Waals surface area contributed by atoms with E-state index < -0.39 is 0 Å². The lowest BCUT2D eigenvalue weighted by atomic mass is 10.0. The molecule has 0 aromatic heterocycles. The van der Waals surface area contributed by atoms with Gasteiger partial charge in [0.2, 0.25) is 5.91 Å². The second-order valence-corrected chi connectivity index (χ2v) is 4.67. The van der Waals surface area contributed by atoms with Crippen molar-refractivity contribution in [1.29, 1.82) is 0 Å². The molecular weight excluding hydrogens is 241 g/mol. The first kappa shape index (κ1) is 11.9. The average Bonchev–Trinajstić information content (AvgIpc) is 2.86. The summed E-state index contributed by atoms with van der Waals surface area (Å²) in [6, 6.07) is 14.1. The molecule has 0 radical (unpaired) electrons. The van der Waals surface area contributed by atoms with Crippen LogP contribution in [0, 0.1) is 5.82 Å². The van der Waals surface area contributed by atoms with E-state index in [2.05, 4.69) is 0 Å². The second kappa shape index (κ2) is 4.84. The van der Waals surface area contributed by atoms with Crippen LogP contribution in [0.3, 0.4) is 0 Å². The molecule has 0 N–H and O–H groups in total. The van der Waals surface area contributed by atoms with Gasteiger partial charge in [-0.05, 0) is 30.2 Å². The van der Waals surface area contributed by atoms with Crippen LogP contribution in [0.4, 0.5) is 10.1 Å². The quantitative estimate of drug-likeness (QED) is 0.802. The Balaban J connectivity index is 2.06. The fourth-order valence-electron chi connectivity index (χ4n) is 2.49. The van der Waals surface area contributed by atoms with Crippen molar-refractivity contribution in [2.24, 2.45) is 0 Å². The monoisotopic (exact) mass is 255 g/mol. The molecule has 1 heterocycles. The van der Waals surface area contributed by atoms with E-state index >= 15 is 0 Å². The normalized spacial score (nSPS) is 15.0. The molecule has 3 heteroatoms. The van der Waals surface area contributed by atoms with Crippen molar-refractivity contribution < 1.29 is 9.18 Å². The summed E-state index contributed by atoms with van der Waals surface area (Å²) in [5.74, 6) is -0.0898. The summed E-state index contributed by atoms with van der Waals surface area (Å²) in [6.45, 7) is 0.761. The Morgan fingerprint density at radius 3 is 2.42 bits per heavy atom. The summed E-state index contributed by atoms with van der Waals surface area (Å²) in [5.41, 5.74) is 2.81. The Hall–Kier alpha value is -2.16. The summed E-state index contributed by atoms with van der Waals surface area (Å²) in [6.07, 6.45) is 1.51. The molecule has 0 spiro atoms. The number of carbonyl (C=O) groups excluding carboxylic acids is 1. The minimum atomic E-state index is -0.251. The van der Waals surface area contributed by atoms with Crippen molar-refractivity contribution in [2.45, 2.75) is 12.8 Å². The van der Waals surface area contributed by atoms with Crippen molar-refractivity contribution >= 4 is 11.6 Å². The number of carbonyl (C=O) groups is 1. The molecule has 0 aliphatic carbocycles. The first-order chi connectivity index (χ1) is 9.25. The first-order valence-corrected chi connectivity index (χ1v) is 6.41. The fraction of sp³-hybridized carbons (Fsp3) is 0.188. The fourth-order valence-corrected chi connectivity index (χ4v) is 2.49. The second-order valence-electron chi connectivity index (χ2n) is 4.67. The van der Waals surface area contributed by atoms with Gasteiger partial charge in [0, 0.05) is 18.5 Å². The third-order valence-corrected chi connectivity index (χ3v) is 3.42. The molecule has 3 rings (SSSR count). The van der Waals surface area contributed by atoms with Gasteiger partial charge in [-0.1, -0.05) is 30.3 Å². The van der Waals surface area contributed by atoms with Crippen LogP contribution >= 0.6 is 0 Å². The lowest BCUT2D eigenvalue weighted by molar-refractivity contribution is -0.117. The van der Waals surface area contributed by atoms with Crippen LogP contribution in [-0.4, -0.2) is 12.5 Å². The highest BCUT2D eigenvalue weighted by atomic mass is 19.1. The number of amides is 1. The highest BCUT2D eigenvalue weighted by Gasteiger charge is 2.23. The Kier molecular flexibility index (Phi) is 3.03. The summed E-state index contributed by atoms with van der Waals surface area (Å²) in [4.78, 5) is 13.7. The topological polar surface area (TPSA) is 20.3 Å². The highest BCUT2D eigenvalue weighted by molar-refractivity contribution is 5.99. The number of rotatable bonds is 2. The number of nitrogens with zero attached hydrogens (tertiary/aromatic N) is 1.